The molecule has 2 bridgehead atoms. The molecule has 0 aromatic rings. The third-order valence-electron chi connectivity index (χ3n) is 1.48. The lowest BCUT2D eigenvalue weighted by molar-refractivity contribution is 0.245. The van der Waals surface area contributed by atoms with Crippen molar-refractivity contribution in [3.63, 3.8) is 0 Å². The molecule has 0 radical (unpaired) electrons. The van der Waals surface area contributed by atoms with Crippen LogP contribution < -0.4 is 26.8 Å². The number of hydrogen-bond donors (Lipinski definition) is 6. The Balaban J connectivity index is 2.02. The maximum absolute atomic E-state index is 6.72. The van der Waals surface area contributed by atoms with Crippen LogP contribution in [0.4, 0.5) is 0 Å². The molecule has 2 aliphatic rings. The van der Waals surface area contributed by atoms with E-state index in [1.54, 1.807) is 0 Å². The average molecular weight is 143 g/mol. The van der Waals surface area contributed by atoms with Crippen molar-refractivity contribution in [1.82, 2.24) is 26.8 Å². The minimum Gasteiger partial charge on any atom is -0.259 e. The fourth-order valence-corrected chi connectivity index (χ4v) is 1.03. The molecule has 2 atom stereocenters. The molecule has 0 spiro atoms. The molecule has 0 aromatic carbocycles. The van der Waals surface area contributed by atoms with Crippen LogP contribution in [-0.2, 0) is 0 Å². The SMILES string of the molecule is N=NC1NC2NNC(N1)N2. The number of fused-ring (bicyclic) bond motifs is 2. The van der Waals surface area contributed by atoms with E-state index in [0.717, 1.165) is 0 Å². The molecule has 56 valence electrons. The quantitative estimate of drug-likeness (QED) is 0.233. The van der Waals surface area contributed by atoms with E-state index in [4.69, 9.17) is 5.53 Å². The van der Waals surface area contributed by atoms with E-state index in [1.807, 2.05) is 0 Å². The molecule has 0 aliphatic carbocycles. The van der Waals surface area contributed by atoms with Crippen LogP contribution in [0.1, 0.15) is 0 Å². The highest BCUT2D eigenvalue weighted by Crippen LogP contribution is 1.94. The number of rotatable bonds is 1. The summed E-state index contributed by atoms with van der Waals surface area (Å²) in [6, 6.07) is 0. The van der Waals surface area contributed by atoms with Crippen LogP contribution in [0.5, 0.6) is 0 Å². The van der Waals surface area contributed by atoms with Gasteiger partial charge in [-0.2, -0.15) is 5.11 Å². The van der Waals surface area contributed by atoms with Gasteiger partial charge in [-0.15, -0.1) is 0 Å². The lowest BCUT2D eigenvalue weighted by atomic mass is 10.6. The Kier molecular flexibility index (Phi) is 1.36. The first-order chi connectivity index (χ1) is 4.88. The minimum absolute atomic E-state index is 0.00495. The Bertz CT molecular complexity index is 134. The number of hydrazine groups is 1. The number of hydrogen-bond acceptors (Lipinski definition) is 7. The van der Waals surface area contributed by atoms with Gasteiger partial charge >= 0.3 is 0 Å². The van der Waals surface area contributed by atoms with E-state index in [2.05, 4.69) is 31.9 Å². The highest BCUT2D eigenvalue weighted by atomic mass is 15.7. The van der Waals surface area contributed by atoms with Crippen molar-refractivity contribution in [2.45, 2.75) is 18.9 Å². The molecule has 2 heterocycles. The molecule has 2 saturated heterocycles. The van der Waals surface area contributed by atoms with Gasteiger partial charge in [0.05, 0.1) is 0 Å². The molecule has 0 aromatic heterocycles. The predicted molar refractivity (Wildman–Crippen MR) is 32.2 cm³/mol. The minimum atomic E-state index is -0.293. The van der Waals surface area contributed by atoms with Gasteiger partial charge in [-0.25, -0.2) is 16.4 Å². The Hall–Kier alpha value is -0.600. The van der Waals surface area contributed by atoms with E-state index >= 15 is 0 Å². The van der Waals surface area contributed by atoms with Crippen LogP contribution in [-0.4, -0.2) is 18.9 Å². The smallest absolute Gasteiger partial charge is 0.178 e. The number of nitrogens with one attached hydrogen (secondary N) is 6. The first-order valence-corrected chi connectivity index (χ1v) is 3.04. The molecule has 7 nitrogen and oxygen atoms in total. The summed E-state index contributed by atoms with van der Waals surface area (Å²) in [5, 5.41) is 12.3. The van der Waals surface area contributed by atoms with Crippen LogP contribution in [0, 0.1) is 5.53 Å². The molecular formula is C3H9N7. The van der Waals surface area contributed by atoms with E-state index in [-0.39, 0.29) is 18.9 Å². The zero-order valence-corrected chi connectivity index (χ0v) is 5.18. The highest BCUT2D eigenvalue weighted by molar-refractivity contribution is 4.82. The third kappa shape index (κ3) is 0.895. The zero-order chi connectivity index (χ0) is 6.97. The molecule has 2 aliphatic heterocycles. The topological polar surface area (TPSA) is 96.4 Å². The summed E-state index contributed by atoms with van der Waals surface area (Å²) in [5.41, 5.74) is 12.5. The fourth-order valence-electron chi connectivity index (χ4n) is 1.03. The Morgan fingerprint density at radius 3 is 2.10 bits per heavy atom. The number of nitrogens with zero attached hydrogens (tertiary/aromatic N) is 1. The summed E-state index contributed by atoms with van der Waals surface area (Å²) in [6.45, 7) is 0. The second-order valence-electron chi connectivity index (χ2n) is 2.19. The van der Waals surface area contributed by atoms with Crippen LogP contribution in [0.25, 0.3) is 0 Å². The van der Waals surface area contributed by atoms with Gasteiger partial charge in [0.15, 0.2) is 6.29 Å². The van der Waals surface area contributed by atoms with Crippen molar-refractivity contribution >= 4 is 0 Å². The Morgan fingerprint density at radius 2 is 1.60 bits per heavy atom. The van der Waals surface area contributed by atoms with Crippen molar-refractivity contribution in [3.8, 4) is 0 Å². The predicted octanol–water partition coefficient (Wildman–Crippen LogP) is -2.24. The van der Waals surface area contributed by atoms with Gasteiger partial charge in [0, 0.05) is 0 Å². The van der Waals surface area contributed by atoms with Crippen molar-refractivity contribution < 1.29 is 0 Å². The van der Waals surface area contributed by atoms with Crippen LogP contribution >= 0.6 is 0 Å². The summed E-state index contributed by atoms with van der Waals surface area (Å²) in [4.78, 5) is 0. The van der Waals surface area contributed by atoms with Gasteiger partial charge < -0.3 is 0 Å². The summed E-state index contributed by atoms with van der Waals surface area (Å²) < 4.78 is 0. The van der Waals surface area contributed by atoms with Gasteiger partial charge in [0.1, 0.15) is 12.6 Å². The molecule has 2 fully saturated rings. The van der Waals surface area contributed by atoms with Gasteiger partial charge in [0.25, 0.3) is 0 Å². The first-order valence-electron chi connectivity index (χ1n) is 3.04. The second kappa shape index (κ2) is 2.22. The maximum Gasteiger partial charge on any atom is 0.178 e. The first kappa shape index (κ1) is 6.13. The molecule has 0 saturated carbocycles. The lowest BCUT2D eigenvalue weighted by Crippen LogP contribution is -2.63. The molecule has 7 heteroatoms. The third-order valence-corrected chi connectivity index (χ3v) is 1.48. The molecule has 6 N–H and O–H groups in total. The molecule has 10 heavy (non-hydrogen) atoms. The average Bonchev–Trinajstić information content (AvgIpc) is 2.30. The lowest BCUT2D eigenvalue weighted by Gasteiger charge is -2.26. The zero-order valence-electron chi connectivity index (χ0n) is 5.18. The van der Waals surface area contributed by atoms with Crippen LogP contribution in [0.3, 0.4) is 0 Å². The Morgan fingerprint density at radius 1 is 1.00 bits per heavy atom. The van der Waals surface area contributed by atoms with Gasteiger partial charge in [0.2, 0.25) is 0 Å². The Labute approximate surface area is 57.4 Å². The van der Waals surface area contributed by atoms with Crippen molar-refractivity contribution in [3.05, 3.63) is 0 Å². The largest absolute Gasteiger partial charge is 0.259 e. The van der Waals surface area contributed by atoms with E-state index in [9.17, 15) is 0 Å². The monoisotopic (exact) mass is 143 g/mol. The molecule has 0 amide bonds. The normalized spacial score (nSPS) is 45.4. The highest BCUT2D eigenvalue weighted by Gasteiger charge is 2.31. The molecule has 2 unspecified atom stereocenters. The van der Waals surface area contributed by atoms with Crippen molar-refractivity contribution in [2.75, 3.05) is 0 Å². The van der Waals surface area contributed by atoms with Crippen LogP contribution in [0.15, 0.2) is 5.11 Å². The van der Waals surface area contributed by atoms with Crippen molar-refractivity contribution in [1.29, 1.82) is 5.53 Å². The summed E-state index contributed by atoms with van der Waals surface area (Å²) in [7, 11) is 0. The van der Waals surface area contributed by atoms with E-state index in [0.29, 0.717) is 0 Å². The van der Waals surface area contributed by atoms with Gasteiger partial charge in [-0.1, -0.05) is 0 Å². The van der Waals surface area contributed by atoms with Gasteiger partial charge in [-0.3, -0.25) is 16.0 Å². The van der Waals surface area contributed by atoms with E-state index < -0.39 is 0 Å². The molecule has 2 rings (SSSR count). The summed E-state index contributed by atoms with van der Waals surface area (Å²) in [5.74, 6) is 0. The second-order valence-corrected chi connectivity index (χ2v) is 2.19. The van der Waals surface area contributed by atoms with E-state index in [1.165, 1.54) is 0 Å². The standard InChI is InChI=1S/C3H9N7/c4-8-1-5-2-7-3(6-1)10-9-2/h1-7,9-10H. The summed E-state index contributed by atoms with van der Waals surface area (Å²) in [6.07, 6.45) is -0.283. The fraction of sp³-hybridized carbons (Fsp3) is 1.00. The van der Waals surface area contributed by atoms with Crippen LogP contribution in [0.2, 0.25) is 0 Å². The summed E-state index contributed by atoms with van der Waals surface area (Å²) >= 11 is 0. The van der Waals surface area contributed by atoms with Gasteiger partial charge in [-0.05, 0) is 0 Å². The van der Waals surface area contributed by atoms with Crippen molar-refractivity contribution in [2.24, 2.45) is 5.11 Å². The maximum atomic E-state index is 6.72. The molecular weight excluding hydrogens is 134 g/mol.